The molecule has 0 atom stereocenters. The smallest absolute Gasteiger partial charge is 0.131 e. The molecule has 0 aliphatic heterocycles. The Morgan fingerprint density at radius 3 is 2.33 bits per heavy atom. The number of nitrogens with two attached hydrogens (primary N) is 1. The van der Waals surface area contributed by atoms with Gasteiger partial charge in [-0.3, -0.25) is 4.68 Å². The highest BCUT2D eigenvalue weighted by Gasteiger charge is 2.26. The van der Waals surface area contributed by atoms with Gasteiger partial charge in [-0.25, -0.2) is 4.98 Å². The van der Waals surface area contributed by atoms with E-state index in [0.717, 1.165) is 35.1 Å². The van der Waals surface area contributed by atoms with Gasteiger partial charge in [0.05, 0.1) is 5.69 Å². The predicted octanol–water partition coefficient (Wildman–Crippen LogP) is 3.13. The molecule has 2 aromatic heterocycles. The van der Waals surface area contributed by atoms with Gasteiger partial charge in [-0.1, -0.05) is 34.6 Å². The van der Waals surface area contributed by atoms with Crippen LogP contribution in [0, 0.1) is 12.8 Å². The zero-order chi connectivity index (χ0) is 15.9. The molecule has 0 fully saturated rings. The molecule has 0 aromatic carbocycles. The lowest BCUT2D eigenvalue weighted by Gasteiger charge is -2.21. The molecular formula is C16H27N5. The summed E-state index contributed by atoms with van der Waals surface area (Å²) in [5, 5.41) is 4.40. The van der Waals surface area contributed by atoms with Crippen molar-refractivity contribution in [1.29, 1.82) is 0 Å². The first-order valence-electron chi connectivity index (χ1n) is 7.48. The van der Waals surface area contributed by atoms with Crippen LogP contribution in [-0.2, 0) is 19.0 Å². The van der Waals surface area contributed by atoms with Gasteiger partial charge in [-0.05, 0) is 12.8 Å². The van der Waals surface area contributed by atoms with Crippen molar-refractivity contribution in [2.45, 2.75) is 53.5 Å². The Morgan fingerprint density at radius 2 is 1.90 bits per heavy atom. The predicted molar refractivity (Wildman–Crippen MR) is 87.1 cm³/mol. The standard InChI is InChI=1S/C16H27N5/c1-10(2)8-21-14(17)13(18-15(21)16(4,5)6)12-9-20(7)19-11(12)3/h9-10H,8,17H2,1-7H3. The Morgan fingerprint density at radius 1 is 1.29 bits per heavy atom. The van der Waals surface area contributed by atoms with Crippen LogP contribution >= 0.6 is 0 Å². The largest absolute Gasteiger partial charge is 0.383 e. The van der Waals surface area contributed by atoms with E-state index in [-0.39, 0.29) is 5.41 Å². The molecular weight excluding hydrogens is 262 g/mol. The Hall–Kier alpha value is -1.78. The minimum Gasteiger partial charge on any atom is -0.383 e. The molecule has 2 heterocycles. The zero-order valence-electron chi connectivity index (χ0n) is 14.2. The van der Waals surface area contributed by atoms with E-state index in [1.807, 2.05) is 24.9 Å². The molecule has 2 aromatic rings. The molecule has 5 nitrogen and oxygen atoms in total. The van der Waals surface area contributed by atoms with Gasteiger partial charge in [0.25, 0.3) is 0 Å². The normalized spacial score (nSPS) is 12.4. The van der Waals surface area contributed by atoms with Crippen LogP contribution < -0.4 is 5.73 Å². The number of anilines is 1. The lowest BCUT2D eigenvalue weighted by molar-refractivity contribution is 0.455. The minimum absolute atomic E-state index is 0.0443. The molecule has 2 rings (SSSR count). The quantitative estimate of drug-likeness (QED) is 0.944. The van der Waals surface area contributed by atoms with Crippen molar-refractivity contribution in [3.8, 4) is 11.3 Å². The molecule has 0 spiro atoms. The van der Waals surface area contributed by atoms with Gasteiger partial charge in [0.15, 0.2) is 0 Å². The Bertz CT molecular complexity index is 640. The number of nitrogen functional groups attached to an aromatic ring is 1. The number of imidazole rings is 1. The third kappa shape index (κ3) is 2.96. The third-order valence-electron chi connectivity index (χ3n) is 3.49. The van der Waals surface area contributed by atoms with E-state index in [2.05, 4.69) is 44.3 Å². The van der Waals surface area contributed by atoms with Gasteiger partial charge in [0.1, 0.15) is 17.3 Å². The first-order valence-corrected chi connectivity index (χ1v) is 7.48. The molecule has 0 saturated carbocycles. The van der Waals surface area contributed by atoms with Crippen LogP contribution in [0.1, 0.15) is 46.1 Å². The van der Waals surface area contributed by atoms with Crippen molar-refractivity contribution in [2.24, 2.45) is 13.0 Å². The summed E-state index contributed by atoms with van der Waals surface area (Å²) in [6, 6.07) is 0. The molecule has 116 valence electrons. The van der Waals surface area contributed by atoms with Gasteiger partial charge < -0.3 is 10.3 Å². The molecule has 21 heavy (non-hydrogen) atoms. The highest BCUT2D eigenvalue weighted by molar-refractivity contribution is 5.72. The average Bonchev–Trinajstić information content (AvgIpc) is 2.79. The van der Waals surface area contributed by atoms with E-state index < -0.39 is 0 Å². The van der Waals surface area contributed by atoms with Crippen LogP contribution in [-0.4, -0.2) is 19.3 Å². The molecule has 0 amide bonds. The molecule has 5 heteroatoms. The van der Waals surface area contributed by atoms with Gasteiger partial charge in [0, 0.05) is 30.8 Å². The van der Waals surface area contributed by atoms with Crippen LogP contribution in [0.2, 0.25) is 0 Å². The lowest BCUT2D eigenvalue weighted by Crippen LogP contribution is -2.21. The summed E-state index contributed by atoms with van der Waals surface area (Å²) in [5.41, 5.74) is 9.21. The lowest BCUT2D eigenvalue weighted by atomic mass is 9.95. The SMILES string of the molecule is Cc1nn(C)cc1-c1nc(C(C)(C)C)n(CC(C)C)c1N. The van der Waals surface area contributed by atoms with E-state index in [1.54, 1.807) is 0 Å². The Balaban J connectivity index is 2.64. The first-order chi connectivity index (χ1) is 9.61. The average molecular weight is 289 g/mol. The highest BCUT2D eigenvalue weighted by atomic mass is 15.3. The molecule has 0 aliphatic rings. The minimum atomic E-state index is -0.0443. The highest BCUT2D eigenvalue weighted by Crippen LogP contribution is 2.33. The second kappa shape index (κ2) is 5.20. The van der Waals surface area contributed by atoms with E-state index in [4.69, 9.17) is 10.7 Å². The topological polar surface area (TPSA) is 61.7 Å². The third-order valence-corrected chi connectivity index (χ3v) is 3.49. The maximum absolute atomic E-state index is 6.42. The second-order valence-corrected chi connectivity index (χ2v) is 7.23. The van der Waals surface area contributed by atoms with Gasteiger partial charge in [-0.2, -0.15) is 5.10 Å². The Kier molecular flexibility index (Phi) is 3.87. The maximum atomic E-state index is 6.42. The number of hydrogen-bond acceptors (Lipinski definition) is 3. The summed E-state index contributed by atoms with van der Waals surface area (Å²) in [4.78, 5) is 4.86. The monoisotopic (exact) mass is 289 g/mol. The summed E-state index contributed by atoms with van der Waals surface area (Å²) in [7, 11) is 1.92. The molecule has 0 aliphatic carbocycles. The molecule has 0 bridgehead atoms. The van der Waals surface area contributed by atoms with E-state index >= 15 is 0 Å². The van der Waals surface area contributed by atoms with E-state index in [9.17, 15) is 0 Å². The number of hydrogen-bond donors (Lipinski definition) is 1. The summed E-state index contributed by atoms with van der Waals surface area (Å²) < 4.78 is 3.97. The number of rotatable bonds is 3. The van der Waals surface area contributed by atoms with Crippen molar-refractivity contribution >= 4 is 5.82 Å². The summed E-state index contributed by atoms with van der Waals surface area (Å²) in [6.07, 6.45) is 1.99. The molecule has 0 radical (unpaired) electrons. The fraction of sp³-hybridized carbons (Fsp3) is 0.625. The summed E-state index contributed by atoms with van der Waals surface area (Å²) in [6.45, 7) is 13.8. The van der Waals surface area contributed by atoms with Crippen LogP contribution in [0.4, 0.5) is 5.82 Å². The maximum Gasteiger partial charge on any atom is 0.131 e. The van der Waals surface area contributed by atoms with Crippen molar-refractivity contribution < 1.29 is 0 Å². The number of nitrogens with zero attached hydrogens (tertiary/aromatic N) is 4. The molecule has 0 unspecified atom stereocenters. The van der Waals surface area contributed by atoms with Gasteiger partial charge >= 0.3 is 0 Å². The van der Waals surface area contributed by atoms with Gasteiger partial charge in [0.2, 0.25) is 0 Å². The van der Waals surface area contributed by atoms with Crippen molar-refractivity contribution in [2.75, 3.05) is 5.73 Å². The van der Waals surface area contributed by atoms with Crippen molar-refractivity contribution in [3.05, 3.63) is 17.7 Å². The summed E-state index contributed by atoms with van der Waals surface area (Å²) >= 11 is 0. The van der Waals surface area contributed by atoms with Gasteiger partial charge in [-0.15, -0.1) is 0 Å². The first kappa shape index (κ1) is 15.6. The fourth-order valence-corrected chi connectivity index (χ4v) is 2.62. The number of aromatic nitrogens is 4. The molecule has 0 saturated heterocycles. The van der Waals surface area contributed by atoms with Crippen LogP contribution in [0.25, 0.3) is 11.3 Å². The van der Waals surface area contributed by atoms with Crippen LogP contribution in [0.3, 0.4) is 0 Å². The second-order valence-electron chi connectivity index (χ2n) is 7.23. The fourth-order valence-electron chi connectivity index (χ4n) is 2.62. The van der Waals surface area contributed by atoms with E-state index in [1.165, 1.54) is 0 Å². The van der Waals surface area contributed by atoms with E-state index in [0.29, 0.717) is 5.92 Å². The number of aryl methyl sites for hydroxylation is 2. The van der Waals surface area contributed by atoms with Crippen LogP contribution in [0.15, 0.2) is 6.20 Å². The van der Waals surface area contributed by atoms with Crippen LogP contribution in [0.5, 0.6) is 0 Å². The zero-order valence-corrected chi connectivity index (χ0v) is 14.2. The van der Waals surface area contributed by atoms with Crippen molar-refractivity contribution in [3.63, 3.8) is 0 Å². The Labute approximate surface area is 127 Å². The molecule has 2 N–H and O–H groups in total. The van der Waals surface area contributed by atoms with Crippen molar-refractivity contribution in [1.82, 2.24) is 19.3 Å². The summed E-state index contributed by atoms with van der Waals surface area (Å²) in [5.74, 6) is 2.29.